The highest BCUT2D eigenvalue weighted by molar-refractivity contribution is 5.99. The van der Waals surface area contributed by atoms with E-state index in [4.69, 9.17) is 0 Å². The maximum absolute atomic E-state index is 13.0. The summed E-state index contributed by atoms with van der Waals surface area (Å²) in [5, 5.41) is 12.3. The quantitative estimate of drug-likeness (QED) is 0.361. The Balaban J connectivity index is 2.20. The average Bonchev–Trinajstić information content (AvgIpc) is 2.72. The number of nitrogens with one attached hydrogen (secondary N) is 3. The minimum absolute atomic E-state index is 0.0544. The molecule has 1 unspecified atom stereocenters. The molecule has 0 radical (unpaired) electrons. The number of urea groups is 1. The van der Waals surface area contributed by atoms with Gasteiger partial charge in [-0.25, -0.2) is 10.3 Å². The number of hydroxylamine groups is 1. The third-order valence-corrected chi connectivity index (χ3v) is 4.78. The Morgan fingerprint density at radius 1 is 1.17 bits per heavy atom. The summed E-state index contributed by atoms with van der Waals surface area (Å²) in [6.45, 7) is 4.00. The van der Waals surface area contributed by atoms with Gasteiger partial charge in [-0.3, -0.25) is 25.0 Å². The molecule has 2 rings (SSSR count). The van der Waals surface area contributed by atoms with Gasteiger partial charge in [-0.1, -0.05) is 56.3 Å². The SMILES string of the molecule is CC(C)C[C@@H](C(=O)NN1C(=O)CCNC1=O)C(C/C=C/c1ccccc1)C(=O)NO. The highest BCUT2D eigenvalue weighted by Gasteiger charge is 2.36. The monoisotopic (exact) mass is 416 g/mol. The Hall–Kier alpha value is -3.20. The normalized spacial score (nSPS) is 16.3. The molecule has 30 heavy (non-hydrogen) atoms. The number of hydrogen-bond acceptors (Lipinski definition) is 5. The molecule has 0 aliphatic carbocycles. The van der Waals surface area contributed by atoms with Crippen molar-refractivity contribution in [3.8, 4) is 0 Å². The summed E-state index contributed by atoms with van der Waals surface area (Å²) in [7, 11) is 0. The molecule has 0 spiro atoms. The molecular formula is C21H28N4O5. The highest BCUT2D eigenvalue weighted by atomic mass is 16.5. The van der Waals surface area contributed by atoms with Gasteiger partial charge in [-0.05, 0) is 24.3 Å². The molecule has 1 saturated heterocycles. The Kier molecular flexibility index (Phi) is 8.54. The zero-order valence-electron chi connectivity index (χ0n) is 17.1. The van der Waals surface area contributed by atoms with Crippen molar-refractivity contribution in [2.24, 2.45) is 17.8 Å². The van der Waals surface area contributed by atoms with E-state index in [-0.39, 0.29) is 25.3 Å². The first-order valence-electron chi connectivity index (χ1n) is 9.90. The van der Waals surface area contributed by atoms with E-state index in [0.29, 0.717) is 11.4 Å². The lowest BCUT2D eigenvalue weighted by Crippen LogP contribution is -2.59. The lowest BCUT2D eigenvalue weighted by molar-refractivity contribution is -0.145. The molecule has 162 valence electrons. The maximum atomic E-state index is 13.0. The number of amides is 5. The van der Waals surface area contributed by atoms with E-state index in [9.17, 15) is 24.4 Å². The lowest BCUT2D eigenvalue weighted by atomic mass is 9.82. The second kappa shape index (κ2) is 11.1. The second-order valence-electron chi connectivity index (χ2n) is 7.55. The zero-order chi connectivity index (χ0) is 22.1. The highest BCUT2D eigenvalue weighted by Crippen LogP contribution is 2.25. The van der Waals surface area contributed by atoms with E-state index in [1.54, 1.807) is 11.6 Å². The molecule has 9 heteroatoms. The van der Waals surface area contributed by atoms with Crippen molar-refractivity contribution in [3.63, 3.8) is 0 Å². The van der Waals surface area contributed by atoms with Crippen LogP contribution in [-0.2, 0) is 14.4 Å². The summed E-state index contributed by atoms with van der Waals surface area (Å²) in [5.74, 6) is -3.56. The van der Waals surface area contributed by atoms with Crippen molar-refractivity contribution < 1.29 is 24.4 Å². The summed E-state index contributed by atoms with van der Waals surface area (Å²) in [6.07, 6.45) is 4.17. The van der Waals surface area contributed by atoms with Crippen molar-refractivity contribution in [2.75, 3.05) is 6.54 Å². The van der Waals surface area contributed by atoms with Gasteiger partial charge in [0.2, 0.25) is 11.8 Å². The Bertz CT molecular complexity index is 778. The van der Waals surface area contributed by atoms with E-state index in [0.717, 1.165) is 5.56 Å². The summed E-state index contributed by atoms with van der Waals surface area (Å²) in [4.78, 5) is 49.2. The van der Waals surface area contributed by atoms with E-state index in [2.05, 4.69) is 10.7 Å². The fourth-order valence-electron chi connectivity index (χ4n) is 3.30. The number of nitrogens with zero attached hydrogens (tertiary/aromatic N) is 1. The van der Waals surface area contributed by atoms with Gasteiger partial charge in [0.15, 0.2) is 0 Å². The van der Waals surface area contributed by atoms with Crippen LogP contribution < -0.4 is 16.2 Å². The van der Waals surface area contributed by atoms with Crippen LogP contribution in [0.1, 0.15) is 38.7 Å². The van der Waals surface area contributed by atoms with Crippen LogP contribution in [-0.4, -0.2) is 40.5 Å². The molecule has 1 fully saturated rings. The van der Waals surface area contributed by atoms with Crippen LogP contribution in [0.15, 0.2) is 36.4 Å². The fourth-order valence-corrected chi connectivity index (χ4v) is 3.30. The Labute approximate surface area is 175 Å². The number of benzene rings is 1. The maximum Gasteiger partial charge on any atom is 0.343 e. The molecule has 4 N–H and O–H groups in total. The number of allylic oxidation sites excluding steroid dienone is 1. The summed E-state index contributed by atoms with van der Waals surface area (Å²) in [5.41, 5.74) is 4.90. The van der Waals surface area contributed by atoms with Gasteiger partial charge in [-0.2, -0.15) is 5.01 Å². The number of carbonyl (C=O) groups excluding carboxylic acids is 4. The van der Waals surface area contributed by atoms with Crippen molar-refractivity contribution in [1.82, 2.24) is 21.2 Å². The predicted molar refractivity (Wildman–Crippen MR) is 109 cm³/mol. The molecule has 1 heterocycles. The van der Waals surface area contributed by atoms with Crippen LogP contribution in [0.25, 0.3) is 6.08 Å². The van der Waals surface area contributed by atoms with Gasteiger partial charge in [-0.15, -0.1) is 0 Å². The number of rotatable bonds is 9. The summed E-state index contributed by atoms with van der Waals surface area (Å²) >= 11 is 0. The van der Waals surface area contributed by atoms with Crippen molar-refractivity contribution in [2.45, 2.75) is 33.1 Å². The van der Waals surface area contributed by atoms with Gasteiger partial charge in [0, 0.05) is 13.0 Å². The molecule has 1 aliphatic heterocycles. The van der Waals surface area contributed by atoms with E-state index in [1.807, 2.05) is 50.3 Å². The first-order valence-corrected chi connectivity index (χ1v) is 9.90. The topological polar surface area (TPSA) is 128 Å². The predicted octanol–water partition coefficient (Wildman–Crippen LogP) is 1.85. The summed E-state index contributed by atoms with van der Waals surface area (Å²) < 4.78 is 0. The number of hydrazine groups is 1. The van der Waals surface area contributed by atoms with Crippen molar-refractivity contribution in [3.05, 3.63) is 42.0 Å². The fraction of sp³-hybridized carbons (Fsp3) is 0.429. The van der Waals surface area contributed by atoms with E-state index >= 15 is 0 Å². The minimum atomic E-state index is -0.889. The number of hydrogen-bond donors (Lipinski definition) is 4. The first kappa shape index (κ1) is 23.1. The van der Waals surface area contributed by atoms with Crippen molar-refractivity contribution in [1.29, 1.82) is 0 Å². The van der Waals surface area contributed by atoms with Gasteiger partial charge in [0.25, 0.3) is 5.91 Å². The number of carbonyl (C=O) groups is 4. The molecule has 5 amide bonds. The van der Waals surface area contributed by atoms with Crippen LogP contribution in [0.4, 0.5) is 4.79 Å². The molecule has 1 aromatic carbocycles. The standard InChI is InChI=1S/C21H28N4O5/c1-14(2)13-17(19(27)23-25-18(26)11-12-22-21(25)29)16(20(28)24-30)10-6-9-15-7-4-3-5-8-15/h3-9,14,16-17,30H,10-13H2,1-2H3,(H,22,29)(H,23,27)(H,24,28)/b9-6+/t16?,17-/m1/s1. The lowest BCUT2D eigenvalue weighted by Gasteiger charge is -2.30. The smallest absolute Gasteiger partial charge is 0.336 e. The molecule has 0 saturated carbocycles. The van der Waals surface area contributed by atoms with E-state index in [1.165, 1.54) is 0 Å². The van der Waals surface area contributed by atoms with Gasteiger partial charge in [0.1, 0.15) is 0 Å². The second-order valence-corrected chi connectivity index (χ2v) is 7.55. The van der Waals surface area contributed by atoms with Crippen LogP contribution in [0.3, 0.4) is 0 Å². The number of imide groups is 1. The van der Waals surface area contributed by atoms with Crippen LogP contribution in [0.2, 0.25) is 0 Å². The van der Waals surface area contributed by atoms with Gasteiger partial charge >= 0.3 is 6.03 Å². The largest absolute Gasteiger partial charge is 0.343 e. The molecule has 0 aromatic heterocycles. The van der Waals surface area contributed by atoms with E-state index < -0.39 is 35.6 Å². The Morgan fingerprint density at radius 3 is 2.47 bits per heavy atom. The van der Waals surface area contributed by atoms with Gasteiger partial charge in [0.05, 0.1) is 11.8 Å². The Morgan fingerprint density at radius 2 is 1.87 bits per heavy atom. The van der Waals surface area contributed by atoms with Crippen LogP contribution in [0.5, 0.6) is 0 Å². The third kappa shape index (κ3) is 6.41. The van der Waals surface area contributed by atoms with Gasteiger partial charge < -0.3 is 5.32 Å². The third-order valence-electron chi connectivity index (χ3n) is 4.78. The molecule has 2 atom stereocenters. The van der Waals surface area contributed by atoms with Crippen LogP contribution in [0, 0.1) is 17.8 Å². The molecule has 0 bridgehead atoms. The van der Waals surface area contributed by atoms with Crippen LogP contribution >= 0.6 is 0 Å². The van der Waals surface area contributed by atoms with Crippen molar-refractivity contribution >= 4 is 29.8 Å². The zero-order valence-corrected chi connectivity index (χ0v) is 17.1. The molecule has 1 aromatic rings. The molecule has 1 aliphatic rings. The summed E-state index contributed by atoms with van der Waals surface area (Å²) in [6, 6.07) is 8.74. The molecular weight excluding hydrogens is 388 g/mol. The average molecular weight is 416 g/mol. The molecule has 9 nitrogen and oxygen atoms in total. The minimum Gasteiger partial charge on any atom is -0.336 e. The first-order chi connectivity index (χ1) is 14.3.